The van der Waals surface area contributed by atoms with E-state index in [9.17, 15) is 12.8 Å². The summed E-state index contributed by atoms with van der Waals surface area (Å²) >= 11 is 0. The van der Waals surface area contributed by atoms with E-state index in [1.165, 1.54) is 14.0 Å². The first-order valence-electron chi connectivity index (χ1n) is 5.62. The minimum absolute atomic E-state index is 0.0429. The van der Waals surface area contributed by atoms with Gasteiger partial charge in [0.1, 0.15) is 5.82 Å². The number of nitrogens with zero attached hydrogens (tertiary/aromatic N) is 2. The second kappa shape index (κ2) is 5.55. The van der Waals surface area contributed by atoms with Gasteiger partial charge >= 0.3 is 0 Å². The first-order valence-corrected chi connectivity index (χ1v) is 7.06. The Kier molecular flexibility index (Phi) is 4.50. The van der Waals surface area contributed by atoms with Gasteiger partial charge in [-0.15, -0.1) is 0 Å². The van der Waals surface area contributed by atoms with Crippen molar-refractivity contribution in [3.8, 4) is 6.07 Å². The largest absolute Gasteiger partial charge is 0.396 e. The summed E-state index contributed by atoms with van der Waals surface area (Å²) in [6.45, 7) is 3.13. The van der Waals surface area contributed by atoms with E-state index in [0.29, 0.717) is 0 Å². The summed E-state index contributed by atoms with van der Waals surface area (Å²) in [5.74, 6) is -0.649. The number of nitriles is 1. The fourth-order valence-electron chi connectivity index (χ4n) is 1.60. The van der Waals surface area contributed by atoms with Crippen molar-refractivity contribution in [1.82, 2.24) is 4.31 Å². The number of rotatable bonds is 4. The Bertz CT molecular complexity index is 623. The average molecular weight is 285 g/mol. The number of benzene rings is 1. The lowest BCUT2D eigenvalue weighted by molar-refractivity contribution is 0.393. The Morgan fingerprint density at radius 2 is 2.11 bits per heavy atom. The summed E-state index contributed by atoms with van der Waals surface area (Å²) in [4.78, 5) is -0.0429. The lowest BCUT2D eigenvalue weighted by Gasteiger charge is -2.23. The summed E-state index contributed by atoms with van der Waals surface area (Å²) in [5.41, 5.74) is 5.47. The molecule has 0 fully saturated rings. The van der Waals surface area contributed by atoms with E-state index >= 15 is 0 Å². The normalized spacial score (nSPS) is 13.3. The molecule has 1 aromatic carbocycles. The van der Waals surface area contributed by atoms with Crippen molar-refractivity contribution < 1.29 is 12.8 Å². The molecule has 1 unspecified atom stereocenters. The van der Waals surface area contributed by atoms with Crippen LogP contribution in [0.3, 0.4) is 0 Å². The van der Waals surface area contributed by atoms with Gasteiger partial charge in [-0.25, -0.2) is 12.8 Å². The van der Waals surface area contributed by atoms with Crippen molar-refractivity contribution in [3.05, 3.63) is 23.5 Å². The fourth-order valence-corrected chi connectivity index (χ4v) is 3.20. The maximum absolute atomic E-state index is 13.3. The van der Waals surface area contributed by atoms with Crippen LogP contribution < -0.4 is 5.73 Å². The number of halogens is 1. The van der Waals surface area contributed by atoms with Gasteiger partial charge in [0.25, 0.3) is 0 Å². The van der Waals surface area contributed by atoms with Gasteiger partial charge in [0.15, 0.2) is 0 Å². The monoisotopic (exact) mass is 285 g/mol. The summed E-state index contributed by atoms with van der Waals surface area (Å²) in [5, 5.41) is 8.62. The number of sulfonamides is 1. The Hall–Kier alpha value is -1.65. The second-order valence-electron chi connectivity index (χ2n) is 4.37. The molecule has 0 heterocycles. The van der Waals surface area contributed by atoms with E-state index in [1.54, 1.807) is 6.92 Å². The SMILES string of the molecule is Cc1cc(F)c(N)cc1S(=O)(=O)N(C)C(C)CC#N. The maximum Gasteiger partial charge on any atom is 0.243 e. The summed E-state index contributed by atoms with van der Waals surface area (Å²) in [7, 11) is -2.41. The number of nitrogen functional groups attached to an aromatic ring is 1. The number of anilines is 1. The molecule has 0 radical (unpaired) electrons. The summed E-state index contributed by atoms with van der Waals surface area (Å²) in [6, 6.07) is 3.64. The third-order valence-corrected chi connectivity index (χ3v) is 5.07. The quantitative estimate of drug-likeness (QED) is 0.852. The standard InChI is InChI=1S/C12H16FN3O2S/c1-8-6-10(13)11(15)7-12(8)19(17,18)16(3)9(2)4-5-14/h6-7,9H,4,15H2,1-3H3. The van der Waals surface area contributed by atoms with E-state index in [1.807, 2.05) is 6.07 Å². The first-order chi connectivity index (χ1) is 8.71. The van der Waals surface area contributed by atoms with E-state index in [2.05, 4.69) is 0 Å². The van der Waals surface area contributed by atoms with Gasteiger partial charge in [-0.2, -0.15) is 9.57 Å². The van der Waals surface area contributed by atoms with E-state index in [-0.39, 0.29) is 22.6 Å². The lowest BCUT2D eigenvalue weighted by Crippen LogP contribution is -2.35. The van der Waals surface area contributed by atoms with Crippen molar-refractivity contribution in [2.45, 2.75) is 31.2 Å². The zero-order valence-corrected chi connectivity index (χ0v) is 11.8. The van der Waals surface area contributed by atoms with Crippen LogP contribution in [0.5, 0.6) is 0 Å². The van der Waals surface area contributed by atoms with E-state index < -0.39 is 21.9 Å². The van der Waals surface area contributed by atoms with Gasteiger partial charge in [-0.1, -0.05) is 0 Å². The number of hydrogen-bond donors (Lipinski definition) is 1. The number of hydrogen-bond acceptors (Lipinski definition) is 4. The molecule has 5 nitrogen and oxygen atoms in total. The van der Waals surface area contributed by atoms with Crippen LogP contribution in [0.1, 0.15) is 18.9 Å². The molecule has 19 heavy (non-hydrogen) atoms. The highest BCUT2D eigenvalue weighted by molar-refractivity contribution is 7.89. The smallest absolute Gasteiger partial charge is 0.243 e. The minimum atomic E-state index is -3.79. The first kappa shape index (κ1) is 15.4. The van der Waals surface area contributed by atoms with Crippen LogP contribution in [-0.2, 0) is 10.0 Å². The molecule has 0 amide bonds. The van der Waals surface area contributed by atoms with Crippen LogP contribution in [0.15, 0.2) is 17.0 Å². The molecular formula is C12H16FN3O2S. The Morgan fingerprint density at radius 3 is 2.63 bits per heavy atom. The van der Waals surface area contributed by atoms with Crippen LogP contribution in [0.4, 0.5) is 10.1 Å². The van der Waals surface area contributed by atoms with Crippen molar-refractivity contribution in [3.63, 3.8) is 0 Å². The molecule has 1 rings (SSSR count). The van der Waals surface area contributed by atoms with Crippen molar-refractivity contribution in [2.24, 2.45) is 0 Å². The molecule has 104 valence electrons. The van der Waals surface area contributed by atoms with Crippen LogP contribution in [0.25, 0.3) is 0 Å². The van der Waals surface area contributed by atoms with Gasteiger partial charge < -0.3 is 5.73 Å². The zero-order valence-electron chi connectivity index (χ0n) is 11.0. The molecular weight excluding hydrogens is 269 g/mol. The number of nitrogens with two attached hydrogens (primary N) is 1. The predicted molar refractivity (Wildman–Crippen MR) is 70.2 cm³/mol. The van der Waals surface area contributed by atoms with Gasteiger partial charge in [0.2, 0.25) is 10.0 Å². The molecule has 0 aliphatic carbocycles. The summed E-state index contributed by atoms with van der Waals surface area (Å²) < 4.78 is 39.1. The van der Waals surface area contributed by atoms with Gasteiger partial charge in [0.05, 0.1) is 23.1 Å². The molecule has 7 heteroatoms. The van der Waals surface area contributed by atoms with Crippen molar-refractivity contribution >= 4 is 15.7 Å². The fraction of sp³-hybridized carbons (Fsp3) is 0.417. The Labute approximate surface area is 112 Å². The average Bonchev–Trinajstić information content (AvgIpc) is 2.32. The highest BCUT2D eigenvalue weighted by atomic mass is 32.2. The molecule has 0 bridgehead atoms. The molecule has 0 aliphatic rings. The maximum atomic E-state index is 13.3. The molecule has 2 N–H and O–H groups in total. The molecule has 0 aliphatic heterocycles. The Balaban J connectivity index is 3.29. The molecule has 0 spiro atoms. The lowest BCUT2D eigenvalue weighted by atomic mass is 10.2. The van der Waals surface area contributed by atoms with Crippen LogP contribution in [0.2, 0.25) is 0 Å². The molecule has 0 aromatic heterocycles. The van der Waals surface area contributed by atoms with Crippen LogP contribution >= 0.6 is 0 Å². The highest BCUT2D eigenvalue weighted by Gasteiger charge is 2.27. The minimum Gasteiger partial charge on any atom is -0.396 e. The van der Waals surface area contributed by atoms with Crippen LogP contribution in [-0.4, -0.2) is 25.8 Å². The molecule has 1 aromatic rings. The van der Waals surface area contributed by atoms with Gasteiger partial charge in [-0.05, 0) is 31.5 Å². The van der Waals surface area contributed by atoms with Gasteiger partial charge in [0, 0.05) is 13.1 Å². The van der Waals surface area contributed by atoms with Crippen molar-refractivity contribution in [1.29, 1.82) is 5.26 Å². The summed E-state index contributed by atoms with van der Waals surface area (Å²) in [6.07, 6.45) is 0.0749. The predicted octanol–water partition coefficient (Wildman–Crippen LogP) is 1.64. The topological polar surface area (TPSA) is 87.2 Å². The van der Waals surface area contributed by atoms with E-state index in [4.69, 9.17) is 11.0 Å². The molecule has 0 saturated heterocycles. The third-order valence-electron chi connectivity index (χ3n) is 2.96. The molecule has 0 saturated carbocycles. The van der Waals surface area contributed by atoms with E-state index in [0.717, 1.165) is 16.4 Å². The zero-order chi connectivity index (χ0) is 14.8. The highest BCUT2D eigenvalue weighted by Crippen LogP contribution is 2.25. The Morgan fingerprint density at radius 1 is 1.53 bits per heavy atom. The number of aryl methyl sites for hydroxylation is 1. The van der Waals surface area contributed by atoms with Crippen LogP contribution in [0, 0.1) is 24.1 Å². The van der Waals surface area contributed by atoms with Gasteiger partial charge in [-0.3, -0.25) is 0 Å². The second-order valence-corrected chi connectivity index (χ2v) is 6.34. The molecule has 1 atom stereocenters. The van der Waals surface area contributed by atoms with Crippen molar-refractivity contribution in [2.75, 3.05) is 12.8 Å². The third kappa shape index (κ3) is 3.03.